The van der Waals surface area contributed by atoms with Crippen LogP contribution < -0.4 is 0 Å². The van der Waals surface area contributed by atoms with Gasteiger partial charge in [0.2, 0.25) is 0 Å². The summed E-state index contributed by atoms with van der Waals surface area (Å²) in [5, 5.41) is 9.69. The average Bonchev–Trinajstić information content (AvgIpc) is 2.68. The SMILES string of the molecule is Cc1cccc(C)c1/C=C(/C#N)N=C(c1ccccc1)c1ccccc1. The maximum absolute atomic E-state index is 9.69. The van der Waals surface area contributed by atoms with E-state index in [-0.39, 0.29) is 0 Å². The van der Waals surface area contributed by atoms with Crippen molar-refractivity contribution in [3.63, 3.8) is 0 Å². The van der Waals surface area contributed by atoms with E-state index in [0.717, 1.165) is 33.5 Å². The molecule has 0 saturated carbocycles. The summed E-state index contributed by atoms with van der Waals surface area (Å²) in [4.78, 5) is 4.73. The lowest BCUT2D eigenvalue weighted by Gasteiger charge is -2.08. The van der Waals surface area contributed by atoms with Crippen LogP contribution in [0, 0.1) is 25.2 Å². The summed E-state index contributed by atoms with van der Waals surface area (Å²) >= 11 is 0. The number of rotatable bonds is 4. The minimum atomic E-state index is 0.394. The third-order valence-electron chi connectivity index (χ3n) is 4.26. The molecule has 0 bridgehead atoms. The molecular weight excluding hydrogens is 316 g/mol. The highest BCUT2D eigenvalue weighted by molar-refractivity contribution is 6.13. The molecule has 0 fully saturated rings. The Bertz CT molecular complexity index is 930. The minimum Gasteiger partial charge on any atom is -0.236 e. The van der Waals surface area contributed by atoms with Crippen LogP contribution in [0.25, 0.3) is 6.08 Å². The van der Waals surface area contributed by atoms with Gasteiger partial charge < -0.3 is 0 Å². The fourth-order valence-corrected chi connectivity index (χ4v) is 2.89. The first kappa shape index (κ1) is 17.4. The second-order valence-electron chi connectivity index (χ2n) is 6.14. The van der Waals surface area contributed by atoms with Gasteiger partial charge in [0.25, 0.3) is 0 Å². The summed E-state index contributed by atoms with van der Waals surface area (Å²) in [6.45, 7) is 4.10. The summed E-state index contributed by atoms with van der Waals surface area (Å²) in [5.41, 5.74) is 6.48. The highest BCUT2D eigenvalue weighted by Gasteiger charge is 2.08. The maximum Gasteiger partial charge on any atom is 0.141 e. The smallest absolute Gasteiger partial charge is 0.141 e. The highest BCUT2D eigenvalue weighted by Crippen LogP contribution is 2.19. The van der Waals surface area contributed by atoms with Crippen molar-refractivity contribution in [2.75, 3.05) is 0 Å². The van der Waals surface area contributed by atoms with Gasteiger partial charge in [-0.25, -0.2) is 4.99 Å². The first-order chi connectivity index (χ1) is 12.7. The summed E-state index contributed by atoms with van der Waals surface area (Å²) in [6, 6.07) is 28.3. The monoisotopic (exact) mass is 336 g/mol. The number of aliphatic imine (C=N–C) groups is 1. The molecule has 0 aliphatic carbocycles. The summed E-state index contributed by atoms with van der Waals surface area (Å²) < 4.78 is 0. The van der Waals surface area contributed by atoms with Crippen molar-refractivity contribution in [3.05, 3.63) is 112 Å². The van der Waals surface area contributed by atoms with Crippen LogP contribution in [0.2, 0.25) is 0 Å². The number of aryl methyl sites for hydroxylation is 2. The fraction of sp³-hybridized carbons (Fsp3) is 0.0833. The zero-order chi connectivity index (χ0) is 18.4. The van der Waals surface area contributed by atoms with Crippen molar-refractivity contribution in [1.29, 1.82) is 5.26 Å². The summed E-state index contributed by atoms with van der Waals surface area (Å²) in [6.07, 6.45) is 1.87. The van der Waals surface area contributed by atoms with E-state index < -0.39 is 0 Å². The topological polar surface area (TPSA) is 36.1 Å². The van der Waals surface area contributed by atoms with Crippen molar-refractivity contribution in [3.8, 4) is 6.07 Å². The van der Waals surface area contributed by atoms with Gasteiger partial charge in [-0.2, -0.15) is 5.26 Å². The van der Waals surface area contributed by atoms with Gasteiger partial charge >= 0.3 is 0 Å². The molecule has 2 nitrogen and oxygen atoms in total. The van der Waals surface area contributed by atoms with Crippen molar-refractivity contribution in [2.24, 2.45) is 4.99 Å². The molecular formula is C24H20N2. The molecule has 0 heterocycles. The Balaban J connectivity index is 2.15. The van der Waals surface area contributed by atoms with Gasteiger partial charge in [-0.15, -0.1) is 0 Å². The number of hydrogen-bond acceptors (Lipinski definition) is 2. The number of benzene rings is 3. The molecule has 2 heteroatoms. The third kappa shape index (κ3) is 3.96. The van der Waals surface area contributed by atoms with E-state index in [0.29, 0.717) is 5.70 Å². The molecule has 0 atom stereocenters. The van der Waals surface area contributed by atoms with Crippen LogP contribution >= 0.6 is 0 Å². The van der Waals surface area contributed by atoms with Crippen LogP contribution in [0.5, 0.6) is 0 Å². The molecule has 0 aromatic heterocycles. The fourth-order valence-electron chi connectivity index (χ4n) is 2.89. The second-order valence-corrected chi connectivity index (χ2v) is 6.14. The predicted molar refractivity (Wildman–Crippen MR) is 108 cm³/mol. The Morgan fingerprint density at radius 3 is 1.73 bits per heavy atom. The van der Waals surface area contributed by atoms with Crippen molar-refractivity contribution >= 4 is 11.8 Å². The summed E-state index contributed by atoms with van der Waals surface area (Å²) in [5.74, 6) is 0. The number of nitrogens with zero attached hydrogens (tertiary/aromatic N) is 2. The molecule has 0 N–H and O–H groups in total. The standard InChI is InChI=1S/C24H20N2/c1-18-10-9-11-19(2)23(18)16-22(17-25)26-24(20-12-5-3-6-13-20)21-14-7-4-8-15-21/h3-16H,1-2H3/b22-16-. The van der Waals surface area contributed by atoms with Crippen molar-refractivity contribution in [2.45, 2.75) is 13.8 Å². The Hall–Kier alpha value is -3.44. The first-order valence-electron chi connectivity index (χ1n) is 8.56. The Kier molecular flexibility index (Phi) is 5.41. The Morgan fingerprint density at radius 2 is 1.27 bits per heavy atom. The van der Waals surface area contributed by atoms with Crippen LogP contribution in [0.15, 0.2) is 89.6 Å². The number of hydrogen-bond donors (Lipinski definition) is 0. The second kappa shape index (κ2) is 8.09. The van der Waals surface area contributed by atoms with Crippen LogP contribution in [0.4, 0.5) is 0 Å². The zero-order valence-electron chi connectivity index (χ0n) is 15.0. The van der Waals surface area contributed by atoms with Gasteiger partial charge in [0, 0.05) is 11.1 Å². The van der Waals surface area contributed by atoms with E-state index in [1.165, 1.54) is 0 Å². The lowest BCUT2D eigenvalue weighted by Crippen LogP contribution is -2.03. The normalized spacial score (nSPS) is 10.9. The molecule has 0 unspecified atom stereocenters. The summed E-state index contributed by atoms with van der Waals surface area (Å²) in [7, 11) is 0. The Labute approximate surface area is 154 Å². The van der Waals surface area contributed by atoms with Crippen LogP contribution in [0.3, 0.4) is 0 Å². The van der Waals surface area contributed by atoms with E-state index in [4.69, 9.17) is 4.99 Å². The third-order valence-corrected chi connectivity index (χ3v) is 4.26. The molecule has 0 saturated heterocycles. The van der Waals surface area contributed by atoms with Gasteiger partial charge in [-0.1, -0.05) is 78.9 Å². The lowest BCUT2D eigenvalue weighted by atomic mass is 10.0. The van der Waals surface area contributed by atoms with E-state index in [1.807, 2.05) is 98.8 Å². The molecule has 0 aliphatic heterocycles. The van der Waals surface area contributed by atoms with E-state index in [1.54, 1.807) is 0 Å². The zero-order valence-corrected chi connectivity index (χ0v) is 15.0. The van der Waals surface area contributed by atoms with E-state index in [9.17, 15) is 5.26 Å². The Morgan fingerprint density at radius 1 is 0.769 bits per heavy atom. The number of nitriles is 1. The van der Waals surface area contributed by atoms with Crippen molar-refractivity contribution < 1.29 is 0 Å². The van der Waals surface area contributed by atoms with E-state index in [2.05, 4.69) is 6.07 Å². The molecule has 3 aromatic rings. The number of allylic oxidation sites excluding steroid dienone is 1. The molecule has 0 aliphatic rings. The molecule has 3 aromatic carbocycles. The van der Waals surface area contributed by atoms with Crippen molar-refractivity contribution in [1.82, 2.24) is 0 Å². The highest BCUT2D eigenvalue weighted by atomic mass is 14.8. The van der Waals surface area contributed by atoms with Gasteiger partial charge in [-0.05, 0) is 36.6 Å². The predicted octanol–water partition coefficient (Wildman–Crippen LogP) is 5.71. The van der Waals surface area contributed by atoms with Crippen LogP contribution in [0.1, 0.15) is 27.8 Å². The van der Waals surface area contributed by atoms with Crippen LogP contribution in [-0.4, -0.2) is 5.71 Å². The molecule has 0 radical (unpaired) electrons. The largest absolute Gasteiger partial charge is 0.236 e. The van der Waals surface area contributed by atoms with Gasteiger partial charge in [0.1, 0.15) is 11.8 Å². The minimum absolute atomic E-state index is 0.394. The maximum atomic E-state index is 9.69. The average molecular weight is 336 g/mol. The first-order valence-corrected chi connectivity index (χ1v) is 8.56. The van der Waals surface area contributed by atoms with E-state index >= 15 is 0 Å². The van der Waals surface area contributed by atoms with Gasteiger partial charge in [0.15, 0.2) is 0 Å². The van der Waals surface area contributed by atoms with Gasteiger partial charge in [-0.3, -0.25) is 0 Å². The quantitative estimate of drug-likeness (QED) is 0.444. The molecule has 0 amide bonds. The lowest BCUT2D eigenvalue weighted by molar-refractivity contribution is 1.33. The van der Waals surface area contributed by atoms with Gasteiger partial charge in [0.05, 0.1) is 5.71 Å². The molecule has 0 spiro atoms. The molecule has 26 heavy (non-hydrogen) atoms. The molecule has 126 valence electrons. The van der Waals surface area contributed by atoms with Crippen LogP contribution in [-0.2, 0) is 0 Å². The molecule has 3 rings (SSSR count).